The van der Waals surface area contributed by atoms with Gasteiger partial charge in [-0.1, -0.05) is 24.6 Å². The minimum atomic E-state index is -0.947. The summed E-state index contributed by atoms with van der Waals surface area (Å²) < 4.78 is 5.66. The fraction of sp³-hybridized carbons (Fsp3) is 0.435. The van der Waals surface area contributed by atoms with Gasteiger partial charge in [0.15, 0.2) is 0 Å². The average Bonchev–Trinajstić information content (AvgIpc) is 2.89. The number of pyridine rings is 1. The molecule has 1 saturated heterocycles. The molecule has 1 aromatic heterocycles. The molecular weight excluding hydrogens is 366 g/mol. The maximum Gasteiger partial charge on any atom is 0.246 e. The van der Waals surface area contributed by atoms with E-state index in [1.54, 1.807) is 12.4 Å². The van der Waals surface area contributed by atoms with Crippen molar-refractivity contribution in [2.45, 2.75) is 64.1 Å². The predicted octanol–water partition coefficient (Wildman–Crippen LogP) is 3.16. The van der Waals surface area contributed by atoms with Gasteiger partial charge in [0, 0.05) is 31.8 Å². The van der Waals surface area contributed by atoms with Crippen LogP contribution in [0.3, 0.4) is 0 Å². The number of amides is 2. The van der Waals surface area contributed by atoms with Crippen LogP contribution in [0.5, 0.6) is 5.75 Å². The molecule has 0 saturated carbocycles. The number of ether oxygens (including phenoxy) is 1. The molecule has 1 aliphatic heterocycles. The van der Waals surface area contributed by atoms with Gasteiger partial charge in [-0.3, -0.25) is 14.6 Å². The maximum atomic E-state index is 13.2. The average molecular weight is 396 g/mol. The highest BCUT2D eigenvalue weighted by Crippen LogP contribution is 2.25. The van der Waals surface area contributed by atoms with Gasteiger partial charge in [0.25, 0.3) is 0 Å². The summed E-state index contributed by atoms with van der Waals surface area (Å²) in [5.74, 6) is 0.579. The number of carbonyl (C=O) groups excluding carboxylic acids is 2. The van der Waals surface area contributed by atoms with Crippen molar-refractivity contribution in [1.29, 1.82) is 0 Å². The van der Waals surface area contributed by atoms with Gasteiger partial charge in [-0.25, -0.2) is 0 Å². The molecule has 6 nitrogen and oxygen atoms in total. The van der Waals surface area contributed by atoms with Gasteiger partial charge in [0.2, 0.25) is 11.8 Å². The third-order valence-corrected chi connectivity index (χ3v) is 5.05. The minimum Gasteiger partial charge on any atom is -0.491 e. The number of benzene rings is 1. The number of hydrogen-bond donors (Lipinski definition) is 2. The van der Waals surface area contributed by atoms with E-state index in [4.69, 9.17) is 4.74 Å². The maximum absolute atomic E-state index is 13.2. The predicted molar refractivity (Wildman–Crippen MR) is 111 cm³/mol. The highest BCUT2D eigenvalue weighted by molar-refractivity contribution is 5.92. The van der Waals surface area contributed by atoms with Gasteiger partial charge in [-0.15, -0.1) is 0 Å². The minimum absolute atomic E-state index is 0.0725. The van der Waals surface area contributed by atoms with E-state index in [2.05, 4.69) is 15.6 Å². The highest BCUT2D eigenvalue weighted by Gasteiger charge is 2.40. The zero-order valence-corrected chi connectivity index (χ0v) is 17.1. The summed E-state index contributed by atoms with van der Waals surface area (Å²) in [4.78, 5) is 29.7. The lowest BCUT2D eigenvalue weighted by Crippen LogP contribution is -2.59. The zero-order valence-electron chi connectivity index (χ0n) is 17.1. The number of aromatic nitrogens is 1. The largest absolute Gasteiger partial charge is 0.491 e. The Balaban J connectivity index is 1.71. The second-order valence-corrected chi connectivity index (χ2v) is 7.87. The Kier molecular flexibility index (Phi) is 6.86. The molecule has 3 rings (SSSR count). The first-order chi connectivity index (χ1) is 14.0. The first kappa shape index (κ1) is 20.8. The van der Waals surface area contributed by atoms with E-state index < -0.39 is 5.54 Å². The van der Waals surface area contributed by atoms with Crippen LogP contribution in [-0.4, -0.2) is 28.4 Å². The molecule has 2 heterocycles. The molecule has 1 aromatic carbocycles. The standard InChI is InChI=1S/C23H29N3O3/c1-17(2)29-20-10-8-18(9-11-20)16-25-22(28)23(12-4-3-7-21(27)26-23)14-19-6-5-13-24-15-19/h5-6,8-11,13,15,17H,3-4,7,12,14,16H2,1-2H3,(H,25,28)(H,26,27). The topological polar surface area (TPSA) is 80.3 Å². The smallest absolute Gasteiger partial charge is 0.246 e. The van der Waals surface area contributed by atoms with E-state index in [1.165, 1.54) is 0 Å². The number of nitrogens with one attached hydrogen (secondary N) is 2. The number of carbonyl (C=O) groups is 2. The van der Waals surface area contributed by atoms with Crippen LogP contribution in [-0.2, 0) is 22.6 Å². The molecule has 0 aliphatic carbocycles. The molecule has 1 unspecified atom stereocenters. The Labute approximate surface area is 172 Å². The Bertz CT molecular complexity index is 821. The normalized spacial score (nSPS) is 19.3. The van der Waals surface area contributed by atoms with E-state index in [1.807, 2.05) is 50.2 Å². The molecule has 0 radical (unpaired) electrons. The molecule has 2 aromatic rings. The summed E-state index contributed by atoms with van der Waals surface area (Å²) >= 11 is 0. The van der Waals surface area contributed by atoms with Gasteiger partial charge >= 0.3 is 0 Å². The van der Waals surface area contributed by atoms with Crippen molar-refractivity contribution in [2.24, 2.45) is 0 Å². The highest BCUT2D eigenvalue weighted by atomic mass is 16.5. The summed E-state index contributed by atoms with van der Waals surface area (Å²) in [5.41, 5.74) is 0.961. The van der Waals surface area contributed by atoms with E-state index in [0.29, 0.717) is 25.8 Å². The van der Waals surface area contributed by atoms with Crippen LogP contribution in [0.2, 0.25) is 0 Å². The number of nitrogens with zero attached hydrogens (tertiary/aromatic N) is 1. The van der Waals surface area contributed by atoms with E-state index in [9.17, 15) is 9.59 Å². The van der Waals surface area contributed by atoms with Crippen LogP contribution >= 0.6 is 0 Å². The molecule has 1 atom stereocenters. The van der Waals surface area contributed by atoms with Crippen molar-refractivity contribution < 1.29 is 14.3 Å². The van der Waals surface area contributed by atoms with Gasteiger partial charge in [-0.2, -0.15) is 0 Å². The monoisotopic (exact) mass is 395 g/mol. The first-order valence-electron chi connectivity index (χ1n) is 10.2. The first-order valence-corrected chi connectivity index (χ1v) is 10.2. The summed E-state index contributed by atoms with van der Waals surface area (Å²) in [6.45, 7) is 4.36. The van der Waals surface area contributed by atoms with Crippen LogP contribution in [0.25, 0.3) is 0 Å². The van der Waals surface area contributed by atoms with Crippen LogP contribution in [0.1, 0.15) is 50.7 Å². The van der Waals surface area contributed by atoms with E-state index in [-0.39, 0.29) is 17.9 Å². The quantitative estimate of drug-likeness (QED) is 0.755. The SMILES string of the molecule is CC(C)Oc1ccc(CNC(=O)C2(Cc3cccnc3)CCCCC(=O)N2)cc1. The second-order valence-electron chi connectivity index (χ2n) is 7.87. The Morgan fingerprint density at radius 3 is 2.69 bits per heavy atom. The van der Waals surface area contributed by atoms with E-state index >= 15 is 0 Å². The third-order valence-electron chi connectivity index (χ3n) is 5.05. The fourth-order valence-corrected chi connectivity index (χ4v) is 3.65. The molecule has 0 spiro atoms. The Morgan fingerprint density at radius 1 is 1.21 bits per heavy atom. The zero-order chi connectivity index (χ0) is 20.7. The summed E-state index contributed by atoms with van der Waals surface area (Å²) in [5, 5.41) is 6.03. The number of rotatable bonds is 7. The molecule has 0 bridgehead atoms. The second kappa shape index (κ2) is 9.54. The van der Waals surface area contributed by atoms with Crippen LogP contribution < -0.4 is 15.4 Å². The number of hydrogen-bond acceptors (Lipinski definition) is 4. The molecule has 29 heavy (non-hydrogen) atoms. The van der Waals surface area contributed by atoms with Crippen molar-refractivity contribution in [3.63, 3.8) is 0 Å². The molecule has 154 valence electrons. The lowest BCUT2D eigenvalue weighted by Gasteiger charge is -2.32. The van der Waals surface area contributed by atoms with Gasteiger partial charge in [-0.05, 0) is 56.0 Å². The van der Waals surface area contributed by atoms with Crippen molar-refractivity contribution in [3.8, 4) is 5.75 Å². The van der Waals surface area contributed by atoms with E-state index in [0.717, 1.165) is 29.7 Å². The van der Waals surface area contributed by atoms with Crippen LogP contribution in [0, 0.1) is 0 Å². The Morgan fingerprint density at radius 2 is 2.00 bits per heavy atom. The molecule has 2 N–H and O–H groups in total. The van der Waals surface area contributed by atoms with Gasteiger partial charge in [0.05, 0.1) is 6.10 Å². The summed E-state index contributed by atoms with van der Waals surface area (Å²) in [6.07, 6.45) is 6.69. The lowest BCUT2D eigenvalue weighted by atomic mass is 9.86. The summed E-state index contributed by atoms with van der Waals surface area (Å²) in [6, 6.07) is 11.5. The van der Waals surface area contributed by atoms with Crippen molar-refractivity contribution in [1.82, 2.24) is 15.6 Å². The molecule has 2 amide bonds. The molecule has 6 heteroatoms. The van der Waals surface area contributed by atoms with Crippen molar-refractivity contribution in [2.75, 3.05) is 0 Å². The summed E-state index contributed by atoms with van der Waals surface area (Å²) in [7, 11) is 0. The fourth-order valence-electron chi connectivity index (χ4n) is 3.65. The van der Waals surface area contributed by atoms with Crippen molar-refractivity contribution >= 4 is 11.8 Å². The molecule has 1 aliphatic rings. The third kappa shape index (κ3) is 5.79. The molecule has 1 fully saturated rings. The van der Waals surface area contributed by atoms with Gasteiger partial charge in [0.1, 0.15) is 11.3 Å². The van der Waals surface area contributed by atoms with Crippen molar-refractivity contribution in [3.05, 3.63) is 59.9 Å². The van der Waals surface area contributed by atoms with Crippen LogP contribution in [0.4, 0.5) is 0 Å². The molecular formula is C23H29N3O3. The van der Waals surface area contributed by atoms with Gasteiger partial charge < -0.3 is 15.4 Å². The van der Waals surface area contributed by atoms with Crippen LogP contribution in [0.15, 0.2) is 48.8 Å². The lowest BCUT2D eigenvalue weighted by molar-refractivity contribution is -0.133. The Hall–Kier alpha value is -2.89.